The first-order chi connectivity index (χ1) is 9.06. The molecular weight excluding hydrogens is 270 g/mol. The maximum atomic E-state index is 11.8. The first kappa shape index (κ1) is 13.8. The minimum Gasteiger partial charge on any atom is -0.326 e. The number of nitrogens with one attached hydrogen (secondary N) is 2. The lowest BCUT2D eigenvalue weighted by atomic mass is 10.0. The second-order valence-electron chi connectivity index (χ2n) is 4.53. The molecule has 0 aliphatic carbocycles. The van der Waals surface area contributed by atoms with Gasteiger partial charge in [-0.15, -0.1) is 0 Å². The van der Waals surface area contributed by atoms with Crippen LogP contribution < -0.4 is 10.6 Å². The maximum Gasteiger partial charge on any atom is 0.289 e. The molecule has 19 heavy (non-hydrogen) atoms. The van der Waals surface area contributed by atoms with Crippen LogP contribution in [-0.2, 0) is 4.79 Å². The Kier molecular flexibility index (Phi) is 4.34. The van der Waals surface area contributed by atoms with Crippen LogP contribution in [0, 0.1) is 16.0 Å². The van der Waals surface area contributed by atoms with Crippen molar-refractivity contribution < 1.29 is 9.72 Å². The fraction of sp³-hybridized carbons (Fsp3) is 0.417. The van der Waals surface area contributed by atoms with E-state index in [1.165, 1.54) is 12.1 Å². The quantitative estimate of drug-likeness (QED) is 0.655. The summed E-state index contributed by atoms with van der Waals surface area (Å²) in [7, 11) is 0. The molecule has 6 nitrogen and oxygen atoms in total. The number of carbonyl (C=O) groups is 1. The van der Waals surface area contributed by atoms with Crippen LogP contribution in [0.5, 0.6) is 0 Å². The van der Waals surface area contributed by atoms with Crippen molar-refractivity contribution in [1.29, 1.82) is 0 Å². The fourth-order valence-electron chi connectivity index (χ4n) is 2.09. The molecule has 1 amide bonds. The lowest BCUT2D eigenvalue weighted by Crippen LogP contribution is -2.18. The number of nitro benzene ring substituents is 1. The van der Waals surface area contributed by atoms with Gasteiger partial charge in [0.15, 0.2) is 0 Å². The molecule has 1 aromatic rings. The van der Waals surface area contributed by atoms with Crippen molar-refractivity contribution in [3.63, 3.8) is 0 Å². The van der Waals surface area contributed by atoms with E-state index in [9.17, 15) is 14.9 Å². The van der Waals surface area contributed by atoms with E-state index in [0.717, 1.165) is 19.5 Å². The first-order valence-corrected chi connectivity index (χ1v) is 6.38. The van der Waals surface area contributed by atoms with Crippen molar-refractivity contribution in [3.8, 4) is 0 Å². The summed E-state index contributed by atoms with van der Waals surface area (Å²) in [4.78, 5) is 22.0. The predicted molar refractivity (Wildman–Crippen MR) is 72.3 cm³/mol. The summed E-state index contributed by atoms with van der Waals surface area (Å²) in [6.07, 6.45) is 1.40. The number of anilines is 1. The van der Waals surface area contributed by atoms with Crippen LogP contribution in [-0.4, -0.2) is 23.9 Å². The molecule has 102 valence electrons. The average molecular weight is 284 g/mol. The number of hydrogen-bond acceptors (Lipinski definition) is 4. The molecule has 1 atom stereocenters. The predicted octanol–water partition coefficient (Wildman–Crippen LogP) is 2.19. The Balaban J connectivity index is 2.00. The Morgan fingerprint density at radius 2 is 2.37 bits per heavy atom. The summed E-state index contributed by atoms with van der Waals surface area (Å²) in [6.45, 7) is 1.78. The fourth-order valence-corrected chi connectivity index (χ4v) is 2.28. The van der Waals surface area contributed by atoms with E-state index in [0.29, 0.717) is 18.0 Å². The van der Waals surface area contributed by atoms with Crippen molar-refractivity contribution in [3.05, 3.63) is 33.3 Å². The van der Waals surface area contributed by atoms with Crippen LogP contribution in [0.15, 0.2) is 18.2 Å². The highest BCUT2D eigenvalue weighted by molar-refractivity contribution is 6.32. The van der Waals surface area contributed by atoms with E-state index in [-0.39, 0.29) is 16.6 Å². The van der Waals surface area contributed by atoms with Gasteiger partial charge in [0.05, 0.1) is 4.92 Å². The molecule has 1 aromatic carbocycles. The van der Waals surface area contributed by atoms with E-state index >= 15 is 0 Å². The van der Waals surface area contributed by atoms with Crippen LogP contribution >= 0.6 is 11.6 Å². The summed E-state index contributed by atoms with van der Waals surface area (Å²) >= 11 is 5.70. The first-order valence-electron chi connectivity index (χ1n) is 6.01. The zero-order valence-corrected chi connectivity index (χ0v) is 10.9. The minimum absolute atomic E-state index is 0.0583. The Labute approximate surface area is 115 Å². The number of benzene rings is 1. The van der Waals surface area contributed by atoms with Crippen molar-refractivity contribution in [1.82, 2.24) is 5.32 Å². The van der Waals surface area contributed by atoms with Gasteiger partial charge in [-0.2, -0.15) is 0 Å². The highest BCUT2D eigenvalue weighted by Crippen LogP contribution is 2.27. The third-order valence-corrected chi connectivity index (χ3v) is 3.38. The molecule has 0 radical (unpaired) electrons. The molecule has 0 saturated carbocycles. The maximum absolute atomic E-state index is 11.8. The number of nitrogens with zero attached hydrogens (tertiary/aromatic N) is 1. The second kappa shape index (κ2) is 5.99. The van der Waals surface area contributed by atoms with E-state index in [1.807, 2.05) is 0 Å². The molecule has 0 spiro atoms. The van der Waals surface area contributed by atoms with Gasteiger partial charge in [0.25, 0.3) is 5.69 Å². The van der Waals surface area contributed by atoms with Crippen LogP contribution in [0.4, 0.5) is 11.4 Å². The molecule has 1 aliphatic heterocycles. The van der Waals surface area contributed by atoms with Crippen LogP contribution in [0.2, 0.25) is 5.02 Å². The van der Waals surface area contributed by atoms with Gasteiger partial charge in [-0.05, 0) is 37.6 Å². The molecule has 1 aliphatic rings. The summed E-state index contributed by atoms with van der Waals surface area (Å²) in [5.41, 5.74) is 0.189. The highest BCUT2D eigenvalue weighted by atomic mass is 35.5. The minimum atomic E-state index is -0.571. The Morgan fingerprint density at radius 3 is 3.00 bits per heavy atom. The average Bonchev–Trinajstić information content (AvgIpc) is 2.84. The molecule has 7 heteroatoms. The summed E-state index contributed by atoms with van der Waals surface area (Å²) in [6, 6.07) is 4.24. The van der Waals surface area contributed by atoms with Gasteiger partial charge >= 0.3 is 0 Å². The van der Waals surface area contributed by atoms with Crippen molar-refractivity contribution in [2.45, 2.75) is 12.8 Å². The standard InChI is InChI=1S/C12H14ClN3O3/c13-10-2-1-9(6-11(10)16(18)19)15-12(17)5-8-3-4-14-7-8/h1-2,6,8,14H,3-5,7H2,(H,15,17). The third-order valence-electron chi connectivity index (χ3n) is 3.06. The Hall–Kier alpha value is -1.66. The van der Waals surface area contributed by atoms with Gasteiger partial charge in [-0.3, -0.25) is 14.9 Å². The monoisotopic (exact) mass is 283 g/mol. The van der Waals surface area contributed by atoms with E-state index < -0.39 is 4.92 Å². The molecular formula is C12H14ClN3O3. The van der Waals surface area contributed by atoms with Gasteiger partial charge < -0.3 is 10.6 Å². The van der Waals surface area contributed by atoms with Gasteiger partial charge in [0, 0.05) is 18.2 Å². The van der Waals surface area contributed by atoms with E-state index in [1.54, 1.807) is 6.07 Å². The van der Waals surface area contributed by atoms with E-state index in [4.69, 9.17) is 11.6 Å². The van der Waals surface area contributed by atoms with Gasteiger partial charge in [-0.25, -0.2) is 0 Å². The van der Waals surface area contributed by atoms with Crippen LogP contribution in [0.1, 0.15) is 12.8 Å². The van der Waals surface area contributed by atoms with Crippen LogP contribution in [0.25, 0.3) is 0 Å². The lowest BCUT2D eigenvalue weighted by molar-refractivity contribution is -0.384. The molecule has 1 unspecified atom stereocenters. The highest BCUT2D eigenvalue weighted by Gasteiger charge is 2.19. The Bertz CT molecular complexity index is 501. The van der Waals surface area contributed by atoms with Gasteiger partial charge in [0.1, 0.15) is 5.02 Å². The zero-order chi connectivity index (χ0) is 13.8. The smallest absolute Gasteiger partial charge is 0.289 e. The third kappa shape index (κ3) is 3.65. The zero-order valence-electron chi connectivity index (χ0n) is 10.2. The second-order valence-corrected chi connectivity index (χ2v) is 4.94. The van der Waals surface area contributed by atoms with E-state index in [2.05, 4.69) is 10.6 Å². The number of carbonyl (C=O) groups excluding carboxylic acids is 1. The van der Waals surface area contributed by atoms with Crippen molar-refractivity contribution in [2.24, 2.45) is 5.92 Å². The summed E-state index contributed by atoms with van der Waals surface area (Å²) < 4.78 is 0. The number of rotatable bonds is 4. The number of nitro groups is 1. The molecule has 0 bridgehead atoms. The molecule has 1 saturated heterocycles. The number of amides is 1. The van der Waals surface area contributed by atoms with Crippen molar-refractivity contribution >= 4 is 28.9 Å². The number of halogens is 1. The topological polar surface area (TPSA) is 84.3 Å². The molecule has 1 fully saturated rings. The lowest BCUT2D eigenvalue weighted by Gasteiger charge is -2.09. The number of hydrogen-bond donors (Lipinski definition) is 2. The summed E-state index contributed by atoms with van der Waals surface area (Å²) in [5, 5.41) is 16.6. The molecule has 2 rings (SSSR count). The SMILES string of the molecule is O=C(CC1CCNC1)Nc1ccc(Cl)c([N+](=O)[O-])c1. The largest absolute Gasteiger partial charge is 0.326 e. The van der Waals surface area contributed by atoms with Crippen LogP contribution in [0.3, 0.4) is 0 Å². The van der Waals surface area contributed by atoms with Gasteiger partial charge in [-0.1, -0.05) is 11.6 Å². The molecule has 2 N–H and O–H groups in total. The van der Waals surface area contributed by atoms with Crippen molar-refractivity contribution in [2.75, 3.05) is 18.4 Å². The normalized spacial score (nSPS) is 18.3. The summed E-state index contributed by atoms with van der Waals surface area (Å²) in [5.74, 6) is 0.201. The Morgan fingerprint density at radius 1 is 1.58 bits per heavy atom. The van der Waals surface area contributed by atoms with Gasteiger partial charge in [0.2, 0.25) is 5.91 Å². The molecule has 0 aromatic heterocycles. The molecule has 1 heterocycles.